The van der Waals surface area contributed by atoms with E-state index in [0.29, 0.717) is 39.3 Å². The van der Waals surface area contributed by atoms with Gasteiger partial charge in [-0.3, -0.25) is 4.79 Å². The fraction of sp³-hybridized carbons (Fsp3) is 0.375. The summed E-state index contributed by atoms with van der Waals surface area (Å²) < 4.78 is 15.4. The van der Waals surface area contributed by atoms with E-state index in [1.165, 1.54) is 4.68 Å². The van der Waals surface area contributed by atoms with Crippen molar-refractivity contribution in [3.63, 3.8) is 0 Å². The molecule has 0 aliphatic heterocycles. The first-order valence-electron chi connectivity index (χ1n) is 10.5. The van der Waals surface area contributed by atoms with Gasteiger partial charge in [-0.25, -0.2) is 4.98 Å². The van der Waals surface area contributed by atoms with Crippen molar-refractivity contribution in [1.29, 1.82) is 0 Å². The minimum absolute atomic E-state index is 0.0251. The highest BCUT2D eigenvalue weighted by Crippen LogP contribution is 2.43. The third-order valence-electron chi connectivity index (χ3n) is 4.60. The summed E-state index contributed by atoms with van der Waals surface area (Å²) in [6.45, 7) is 12.3. The van der Waals surface area contributed by atoms with Crippen molar-refractivity contribution in [3.8, 4) is 11.5 Å². The highest BCUT2D eigenvalue weighted by atomic mass is 79.9. The second kappa shape index (κ2) is 10.3. The van der Waals surface area contributed by atoms with E-state index in [9.17, 15) is 4.79 Å². The highest BCUT2D eigenvalue weighted by molar-refractivity contribution is 9.13. The van der Waals surface area contributed by atoms with Gasteiger partial charge in [-0.15, -0.1) is 0 Å². The van der Waals surface area contributed by atoms with Crippen LogP contribution in [0.4, 0.5) is 0 Å². The molecule has 0 atom stereocenters. The Morgan fingerprint density at radius 1 is 1.15 bits per heavy atom. The van der Waals surface area contributed by atoms with Crippen LogP contribution in [0, 0.1) is 0 Å². The van der Waals surface area contributed by atoms with Crippen molar-refractivity contribution in [2.75, 3.05) is 6.61 Å². The molecule has 0 saturated heterocycles. The number of rotatable bonds is 6. The topological polar surface area (TPSA) is 65.7 Å². The Kier molecular flexibility index (Phi) is 8.07. The van der Waals surface area contributed by atoms with E-state index in [4.69, 9.17) is 14.5 Å². The molecule has 9 heteroatoms. The maximum absolute atomic E-state index is 13.4. The van der Waals surface area contributed by atoms with Gasteiger partial charge in [0.1, 0.15) is 5.82 Å². The Hall–Kier alpha value is -1.71. The maximum Gasteiger partial charge on any atom is 0.282 e. The van der Waals surface area contributed by atoms with E-state index < -0.39 is 5.41 Å². The lowest BCUT2D eigenvalue weighted by Crippen LogP contribution is -2.29. The van der Waals surface area contributed by atoms with Crippen LogP contribution in [0.3, 0.4) is 0 Å². The monoisotopic (exact) mass is 641 g/mol. The lowest BCUT2D eigenvalue weighted by molar-refractivity contribution is 0.222. The van der Waals surface area contributed by atoms with Gasteiger partial charge in [0.2, 0.25) is 0 Å². The zero-order valence-electron chi connectivity index (χ0n) is 19.4. The van der Waals surface area contributed by atoms with E-state index in [1.54, 1.807) is 12.3 Å². The number of nitrogens with zero attached hydrogens (tertiary/aromatic N) is 3. The lowest BCUT2D eigenvalue weighted by atomic mass is 9.95. The molecule has 33 heavy (non-hydrogen) atoms. The Balaban J connectivity index is 2.21. The molecule has 6 nitrogen and oxygen atoms in total. The molecular formula is C24H26Br3N3O3. The van der Waals surface area contributed by atoms with Crippen LogP contribution in [-0.2, 0) is 5.41 Å². The molecule has 0 bridgehead atoms. The molecule has 3 aromatic rings. The van der Waals surface area contributed by atoms with Gasteiger partial charge in [-0.1, -0.05) is 36.7 Å². The zero-order valence-corrected chi connectivity index (χ0v) is 24.1. The minimum atomic E-state index is -0.402. The summed E-state index contributed by atoms with van der Waals surface area (Å²) in [6.07, 6.45) is 1.60. The van der Waals surface area contributed by atoms with Gasteiger partial charge in [0, 0.05) is 19.9 Å². The molecular weight excluding hydrogens is 618 g/mol. The summed E-state index contributed by atoms with van der Waals surface area (Å²) in [6, 6.07) is 7.31. The number of ether oxygens (including phenoxy) is 2. The summed E-state index contributed by atoms with van der Waals surface area (Å²) in [7, 11) is 0. The first-order chi connectivity index (χ1) is 15.4. The molecule has 0 amide bonds. The molecule has 0 fully saturated rings. The van der Waals surface area contributed by atoms with Gasteiger partial charge in [-0.05, 0) is 76.9 Å². The first-order valence-corrected chi connectivity index (χ1v) is 12.9. The SMILES string of the molecule is CCOc1cc(C=Nn2c(C(C)(C)C)nc3ccc(Br)cc3c2=O)c(Br)c(Br)c1OC(C)C. The van der Waals surface area contributed by atoms with Crippen LogP contribution in [-0.4, -0.2) is 28.6 Å². The summed E-state index contributed by atoms with van der Waals surface area (Å²) in [4.78, 5) is 18.1. The number of hydrogen-bond donors (Lipinski definition) is 0. The minimum Gasteiger partial charge on any atom is -0.490 e. The van der Waals surface area contributed by atoms with Crippen LogP contribution in [0.15, 0.2) is 47.6 Å². The molecule has 0 radical (unpaired) electrons. The summed E-state index contributed by atoms with van der Waals surface area (Å²) >= 11 is 10.7. The predicted molar refractivity (Wildman–Crippen MR) is 144 cm³/mol. The third-order valence-corrected chi connectivity index (χ3v) is 7.24. The van der Waals surface area contributed by atoms with Crippen molar-refractivity contribution in [2.24, 2.45) is 5.10 Å². The maximum atomic E-state index is 13.4. The smallest absolute Gasteiger partial charge is 0.282 e. The first kappa shape index (κ1) is 25.9. The molecule has 0 saturated carbocycles. The summed E-state index contributed by atoms with van der Waals surface area (Å²) in [5, 5.41) is 5.06. The number of fused-ring (bicyclic) bond motifs is 1. The second-order valence-corrected chi connectivity index (χ2v) is 11.2. The van der Waals surface area contributed by atoms with Crippen LogP contribution < -0.4 is 15.0 Å². The van der Waals surface area contributed by atoms with Gasteiger partial charge in [0.25, 0.3) is 5.56 Å². The van der Waals surface area contributed by atoms with E-state index >= 15 is 0 Å². The Morgan fingerprint density at radius 3 is 2.45 bits per heavy atom. The van der Waals surface area contributed by atoms with Crippen LogP contribution in [0.2, 0.25) is 0 Å². The van der Waals surface area contributed by atoms with Gasteiger partial charge >= 0.3 is 0 Å². The molecule has 0 aliphatic rings. The predicted octanol–water partition coefficient (Wildman–Crippen LogP) is 7.05. The molecule has 1 aromatic heterocycles. The normalized spacial score (nSPS) is 12.2. The van der Waals surface area contributed by atoms with Gasteiger partial charge in [0.05, 0.1) is 34.3 Å². The highest BCUT2D eigenvalue weighted by Gasteiger charge is 2.23. The average Bonchev–Trinajstić information content (AvgIpc) is 2.72. The van der Waals surface area contributed by atoms with Gasteiger partial charge < -0.3 is 9.47 Å². The molecule has 0 aliphatic carbocycles. The number of benzene rings is 2. The average molecular weight is 644 g/mol. The van der Waals surface area contributed by atoms with Crippen molar-refractivity contribution >= 4 is 64.9 Å². The van der Waals surface area contributed by atoms with Crippen molar-refractivity contribution in [3.05, 3.63) is 59.4 Å². The standard InChI is InChI=1S/C24H26Br3N3O3/c1-7-32-18-10-14(19(26)20(27)21(18)33-13(2)3)12-28-30-22(31)16-11-15(25)8-9-17(16)29-23(30)24(4,5)6/h8-13H,7H2,1-6H3. The van der Waals surface area contributed by atoms with E-state index in [-0.39, 0.29) is 11.7 Å². The van der Waals surface area contributed by atoms with Crippen LogP contribution in [0.5, 0.6) is 11.5 Å². The van der Waals surface area contributed by atoms with Crippen LogP contribution in [0.25, 0.3) is 10.9 Å². The number of hydrogen-bond acceptors (Lipinski definition) is 5. The van der Waals surface area contributed by atoms with Crippen molar-refractivity contribution < 1.29 is 9.47 Å². The fourth-order valence-electron chi connectivity index (χ4n) is 3.17. The zero-order chi connectivity index (χ0) is 24.5. The summed E-state index contributed by atoms with van der Waals surface area (Å²) in [5.74, 6) is 1.77. The number of halogens is 3. The van der Waals surface area contributed by atoms with Gasteiger partial charge in [0.15, 0.2) is 11.5 Å². The Labute approximate surface area is 218 Å². The van der Waals surface area contributed by atoms with E-state index in [1.807, 2.05) is 59.7 Å². The van der Waals surface area contributed by atoms with Crippen molar-refractivity contribution in [2.45, 2.75) is 53.1 Å². The summed E-state index contributed by atoms with van der Waals surface area (Å²) in [5.41, 5.74) is 0.725. The Bertz CT molecular complexity index is 1280. The molecule has 0 N–H and O–H groups in total. The molecule has 2 aromatic carbocycles. The lowest BCUT2D eigenvalue weighted by Gasteiger charge is -2.21. The molecule has 0 spiro atoms. The van der Waals surface area contributed by atoms with Gasteiger partial charge in [-0.2, -0.15) is 9.78 Å². The molecule has 176 valence electrons. The second-order valence-electron chi connectivity index (χ2n) is 8.73. The molecule has 3 rings (SSSR count). The van der Waals surface area contributed by atoms with E-state index in [0.717, 1.165) is 14.5 Å². The number of aromatic nitrogens is 2. The molecule has 0 unspecified atom stereocenters. The van der Waals surface area contributed by atoms with Crippen molar-refractivity contribution in [1.82, 2.24) is 9.66 Å². The third kappa shape index (κ3) is 5.69. The Morgan fingerprint density at radius 2 is 1.85 bits per heavy atom. The van der Waals surface area contributed by atoms with E-state index in [2.05, 4.69) is 52.9 Å². The quantitative estimate of drug-likeness (QED) is 0.270. The largest absolute Gasteiger partial charge is 0.490 e. The molecule has 1 heterocycles. The van der Waals surface area contributed by atoms with Crippen LogP contribution in [0.1, 0.15) is 52.9 Å². The fourth-order valence-corrected chi connectivity index (χ4v) is 4.44. The van der Waals surface area contributed by atoms with Crippen LogP contribution >= 0.6 is 47.8 Å².